The lowest BCUT2D eigenvalue weighted by molar-refractivity contribution is -0.121. The molecule has 0 bridgehead atoms. The van der Waals surface area contributed by atoms with E-state index in [9.17, 15) is 19.2 Å². The van der Waals surface area contributed by atoms with Gasteiger partial charge in [-0.1, -0.05) is 30.3 Å². The summed E-state index contributed by atoms with van der Waals surface area (Å²) in [6.45, 7) is 0.608. The monoisotopic (exact) mass is 474 g/mol. The lowest BCUT2D eigenvalue weighted by Crippen LogP contribution is -2.41. The smallest absolute Gasteiger partial charge is 0.255 e. The van der Waals surface area contributed by atoms with Gasteiger partial charge in [0.15, 0.2) is 0 Å². The predicted molar refractivity (Wildman–Crippen MR) is 132 cm³/mol. The molecule has 3 aromatic rings. The van der Waals surface area contributed by atoms with E-state index < -0.39 is 6.04 Å². The van der Waals surface area contributed by atoms with Crippen molar-refractivity contribution in [2.45, 2.75) is 18.9 Å². The van der Waals surface area contributed by atoms with Crippen LogP contribution < -0.4 is 21.7 Å². The zero-order valence-corrected chi connectivity index (χ0v) is 19.3. The second-order valence-electron chi connectivity index (χ2n) is 7.82. The molecule has 0 unspecified atom stereocenters. The van der Waals surface area contributed by atoms with E-state index in [0.717, 1.165) is 5.56 Å². The van der Waals surface area contributed by atoms with Gasteiger partial charge < -0.3 is 21.7 Å². The number of nitrogens with zero attached hydrogens (tertiary/aromatic N) is 2. The molecule has 0 radical (unpaired) electrons. The van der Waals surface area contributed by atoms with Crippen LogP contribution in [0.3, 0.4) is 0 Å². The van der Waals surface area contributed by atoms with Crippen molar-refractivity contribution < 1.29 is 14.0 Å². The number of nitrogens with one attached hydrogen (secondary N) is 3. The van der Waals surface area contributed by atoms with Crippen molar-refractivity contribution in [1.82, 2.24) is 15.6 Å². The molecule has 1 aromatic heterocycles. The predicted octanol–water partition coefficient (Wildman–Crippen LogP) is 2.61. The van der Waals surface area contributed by atoms with E-state index in [2.05, 4.69) is 27.0 Å². The number of hydrogen-bond acceptors (Lipinski definition) is 6. The first kappa shape index (κ1) is 25.3. The SMILES string of the molecule is CNC(=O)[C@@H](N)CCNC(=O)c1ccc(-c2ccccc2C#N)nc1NCCc1cccc(F)c1. The molecule has 35 heavy (non-hydrogen) atoms. The van der Waals surface area contributed by atoms with E-state index in [0.29, 0.717) is 41.2 Å². The number of nitriles is 1. The second kappa shape index (κ2) is 12.3. The maximum Gasteiger partial charge on any atom is 0.255 e. The number of benzene rings is 2. The van der Waals surface area contributed by atoms with Crippen LogP contribution in [-0.4, -0.2) is 43.0 Å². The number of rotatable bonds is 10. The number of hydrogen-bond donors (Lipinski definition) is 4. The standard InChI is InChI=1S/C26H27FN6O2/c1-30-26(35)22(29)12-14-32-25(34)21-9-10-23(20-8-3-2-6-18(20)16-28)33-24(21)31-13-11-17-5-4-7-19(27)15-17/h2-10,15,22H,11-14,29H2,1H3,(H,30,35)(H,31,33)(H,32,34)/t22-/m0/s1. The van der Waals surface area contributed by atoms with E-state index in [1.165, 1.54) is 19.2 Å². The average molecular weight is 475 g/mol. The van der Waals surface area contributed by atoms with E-state index >= 15 is 0 Å². The van der Waals surface area contributed by atoms with Crippen LogP contribution in [0.1, 0.15) is 27.9 Å². The summed E-state index contributed by atoms with van der Waals surface area (Å²) >= 11 is 0. The van der Waals surface area contributed by atoms with Crippen molar-refractivity contribution >= 4 is 17.6 Å². The second-order valence-corrected chi connectivity index (χ2v) is 7.82. The molecule has 0 spiro atoms. The van der Waals surface area contributed by atoms with Crippen LogP contribution in [0.4, 0.5) is 10.2 Å². The van der Waals surface area contributed by atoms with E-state index in [4.69, 9.17) is 5.73 Å². The molecule has 1 atom stereocenters. The molecule has 0 aliphatic heterocycles. The number of nitrogens with two attached hydrogens (primary N) is 1. The van der Waals surface area contributed by atoms with Gasteiger partial charge in [0.25, 0.3) is 5.91 Å². The third kappa shape index (κ3) is 6.85. The highest BCUT2D eigenvalue weighted by atomic mass is 19.1. The minimum Gasteiger partial charge on any atom is -0.369 e. The first-order chi connectivity index (χ1) is 16.9. The summed E-state index contributed by atoms with van der Waals surface area (Å²) < 4.78 is 13.5. The number of amides is 2. The highest BCUT2D eigenvalue weighted by Gasteiger charge is 2.17. The summed E-state index contributed by atoms with van der Waals surface area (Å²) in [5.41, 5.74) is 8.53. The summed E-state index contributed by atoms with van der Waals surface area (Å²) in [5, 5.41) is 17.9. The zero-order valence-electron chi connectivity index (χ0n) is 19.3. The van der Waals surface area contributed by atoms with Gasteiger partial charge in [0.1, 0.15) is 11.6 Å². The summed E-state index contributed by atoms with van der Waals surface area (Å²) in [7, 11) is 1.50. The molecule has 3 rings (SSSR count). The number of likely N-dealkylation sites (N-methyl/N-ethyl adjacent to an activating group) is 1. The number of halogens is 1. The Morgan fingerprint density at radius 3 is 2.66 bits per heavy atom. The summed E-state index contributed by atoms with van der Waals surface area (Å²) in [6, 6.07) is 18.1. The fourth-order valence-corrected chi connectivity index (χ4v) is 3.50. The van der Waals surface area contributed by atoms with Crippen LogP contribution in [-0.2, 0) is 11.2 Å². The number of carbonyl (C=O) groups excluding carboxylic acids is 2. The van der Waals surface area contributed by atoms with Crippen LogP contribution in [0.2, 0.25) is 0 Å². The number of aromatic nitrogens is 1. The van der Waals surface area contributed by atoms with Gasteiger partial charge in [-0.3, -0.25) is 9.59 Å². The molecular weight excluding hydrogens is 447 g/mol. The van der Waals surface area contributed by atoms with Crippen LogP contribution in [0.15, 0.2) is 60.7 Å². The number of pyridine rings is 1. The van der Waals surface area contributed by atoms with Crippen molar-refractivity contribution in [3.05, 3.63) is 83.2 Å². The molecule has 180 valence electrons. The minimum atomic E-state index is -0.729. The van der Waals surface area contributed by atoms with Gasteiger partial charge in [-0.05, 0) is 48.7 Å². The maximum atomic E-state index is 13.5. The van der Waals surface area contributed by atoms with Gasteiger partial charge in [0, 0.05) is 25.7 Å². The Bertz CT molecular complexity index is 1240. The van der Waals surface area contributed by atoms with E-state index in [1.807, 2.05) is 12.1 Å². The maximum absolute atomic E-state index is 13.5. The largest absolute Gasteiger partial charge is 0.369 e. The average Bonchev–Trinajstić information content (AvgIpc) is 2.88. The zero-order chi connectivity index (χ0) is 25.2. The summed E-state index contributed by atoms with van der Waals surface area (Å²) in [5.74, 6) is -0.665. The van der Waals surface area contributed by atoms with Gasteiger partial charge in [0.2, 0.25) is 5.91 Å². The van der Waals surface area contributed by atoms with Gasteiger partial charge in [0.05, 0.1) is 28.9 Å². The minimum absolute atomic E-state index is 0.204. The highest BCUT2D eigenvalue weighted by molar-refractivity contribution is 5.99. The molecule has 0 fully saturated rings. The fourth-order valence-electron chi connectivity index (χ4n) is 3.50. The summed E-state index contributed by atoms with van der Waals surface area (Å²) in [6.07, 6.45) is 0.787. The molecule has 0 aliphatic rings. The third-order valence-corrected chi connectivity index (χ3v) is 5.38. The Balaban J connectivity index is 1.80. The van der Waals surface area contributed by atoms with Crippen molar-refractivity contribution in [2.24, 2.45) is 5.73 Å². The van der Waals surface area contributed by atoms with Gasteiger partial charge in [-0.15, -0.1) is 0 Å². The Morgan fingerprint density at radius 1 is 1.11 bits per heavy atom. The van der Waals surface area contributed by atoms with Gasteiger partial charge in [-0.2, -0.15) is 5.26 Å². The first-order valence-corrected chi connectivity index (χ1v) is 11.2. The molecule has 5 N–H and O–H groups in total. The fraction of sp³-hybridized carbons (Fsp3) is 0.231. The number of anilines is 1. The molecule has 9 heteroatoms. The van der Waals surface area contributed by atoms with Crippen molar-refractivity contribution in [3.8, 4) is 17.3 Å². The van der Waals surface area contributed by atoms with Crippen LogP contribution in [0.5, 0.6) is 0 Å². The molecule has 8 nitrogen and oxygen atoms in total. The molecule has 0 aliphatic carbocycles. The molecule has 0 saturated heterocycles. The van der Waals surface area contributed by atoms with E-state index in [-0.39, 0.29) is 30.6 Å². The van der Waals surface area contributed by atoms with Gasteiger partial charge in [-0.25, -0.2) is 9.37 Å². The normalized spacial score (nSPS) is 11.3. The van der Waals surface area contributed by atoms with Crippen LogP contribution >= 0.6 is 0 Å². The Morgan fingerprint density at radius 2 is 1.91 bits per heavy atom. The third-order valence-electron chi connectivity index (χ3n) is 5.38. The molecule has 2 aromatic carbocycles. The van der Waals surface area contributed by atoms with Crippen molar-refractivity contribution in [3.63, 3.8) is 0 Å². The van der Waals surface area contributed by atoms with E-state index in [1.54, 1.807) is 36.4 Å². The Kier molecular flexibility index (Phi) is 8.87. The Labute approximate surface area is 203 Å². The van der Waals surface area contributed by atoms with Crippen molar-refractivity contribution in [1.29, 1.82) is 5.26 Å². The van der Waals surface area contributed by atoms with Gasteiger partial charge >= 0.3 is 0 Å². The molecule has 2 amide bonds. The summed E-state index contributed by atoms with van der Waals surface area (Å²) in [4.78, 5) is 29.1. The first-order valence-electron chi connectivity index (χ1n) is 11.2. The Hall–Kier alpha value is -4.29. The van der Waals surface area contributed by atoms with Crippen molar-refractivity contribution in [2.75, 3.05) is 25.5 Å². The molecule has 0 saturated carbocycles. The number of carbonyl (C=O) groups is 2. The molecule has 1 heterocycles. The topological polar surface area (TPSA) is 133 Å². The van der Waals surface area contributed by atoms with Crippen LogP contribution in [0, 0.1) is 17.1 Å². The highest BCUT2D eigenvalue weighted by Crippen LogP contribution is 2.25. The quantitative estimate of drug-likeness (QED) is 0.357. The lowest BCUT2D eigenvalue weighted by atomic mass is 10.0. The molecular formula is C26H27FN6O2. The lowest BCUT2D eigenvalue weighted by Gasteiger charge is -2.15. The van der Waals surface area contributed by atoms with Crippen LogP contribution in [0.25, 0.3) is 11.3 Å².